The molecule has 1 aromatic heterocycles. The molecule has 0 spiro atoms. The van der Waals surface area contributed by atoms with Crippen molar-refractivity contribution in [3.63, 3.8) is 0 Å². The average Bonchev–Trinajstić information content (AvgIpc) is 1.94. The molecule has 0 aliphatic heterocycles. The molecule has 4 nitrogen and oxygen atoms in total. The van der Waals surface area contributed by atoms with Gasteiger partial charge in [0, 0.05) is 0 Å². The van der Waals surface area contributed by atoms with Crippen molar-refractivity contribution in [2.75, 3.05) is 0 Å². The lowest BCUT2D eigenvalue weighted by atomic mass is 10.2. The third-order valence-corrected chi connectivity index (χ3v) is 1.39. The minimum absolute atomic E-state index is 0.0173. The number of hydrogen-bond acceptors (Lipinski definition) is 4. The third kappa shape index (κ3) is 3.32. The van der Waals surface area contributed by atoms with E-state index in [1.807, 2.05) is 20.8 Å². The van der Waals surface area contributed by atoms with E-state index in [1.54, 1.807) is 0 Å². The Morgan fingerprint density at radius 1 is 1.15 bits per heavy atom. The van der Waals surface area contributed by atoms with Gasteiger partial charge in [-0.1, -0.05) is 11.6 Å². The zero-order valence-corrected chi connectivity index (χ0v) is 9.02. The summed E-state index contributed by atoms with van der Waals surface area (Å²) < 4.78 is 5.38. The average molecular weight is 222 g/mol. The predicted molar refractivity (Wildman–Crippen MR) is 50.2 cm³/mol. The summed E-state index contributed by atoms with van der Waals surface area (Å²) in [5, 5.41) is 7.15. The number of aromatic nitrogens is 3. The quantitative estimate of drug-likeness (QED) is 0.731. The van der Waals surface area contributed by atoms with Crippen molar-refractivity contribution in [2.45, 2.75) is 26.4 Å². The maximum atomic E-state index is 5.68. The van der Waals surface area contributed by atoms with Crippen LogP contribution in [0.15, 0.2) is 0 Å². The molecule has 0 fully saturated rings. The lowest BCUT2D eigenvalue weighted by Gasteiger charge is -2.20. The van der Waals surface area contributed by atoms with E-state index in [4.69, 9.17) is 27.9 Å². The van der Waals surface area contributed by atoms with Gasteiger partial charge in [-0.25, -0.2) is 0 Å². The molecule has 0 radical (unpaired) electrons. The zero-order chi connectivity index (χ0) is 10.1. The van der Waals surface area contributed by atoms with Gasteiger partial charge in [-0.2, -0.15) is 4.98 Å². The number of hydrogen-bond donors (Lipinski definition) is 0. The topological polar surface area (TPSA) is 47.9 Å². The van der Waals surface area contributed by atoms with E-state index in [0.717, 1.165) is 0 Å². The van der Waals surface area contributed by atoms with Gasteiger partial charge in [-0.15, -0.1) is 10.2 Å². The highest BCUT2D eigenvalue weighted by molar-refractivity contribution is 6.31. The van der Waals surface area contributed by atoms with E-state index < -0.39 is 0 Å². The van der Waals surface area contributed by atoms with E-state index in [2.05, 4.69) is 15.2 Å². The van der Waals surface area contributed by atoms with Gasteiger partial charge in [-0.05, 0) is 32.4 Å². The van der Waals surface area contributed by atoms with Crippen LogP contribution in [0.3, 0.4) is 0 Å². The van der Waals surface area contributed by atoms with Gasteiger partial charge >= 0.3 is 0 Å². The molecule has 0 amide bonds. The van der Waals surface area contributed by atoms with Crippen molar-refractivity contribution in [3.05, 3.63) is 10.4 Å². The first-order valence-electron chi connectivity index (χ1n) is 3.63. The van der Waals surface area contributed by atoms with Crippen LogP contribution >= 0.6 is 23.2 Å². The fourth-order valence-electron chi connectivity index (χ4n) is 0.635. The number of nitrogens with zero attached hydrogens (tertiary/aromatic N) is 3. The lowest BCUT2D eigenvalue weighted by Crippen LogP contribution is -2.24. The van der Waals surface area contributed by atoms with Gasteiger partial charge in [0.1, 0.15) is 5.60 Å². The molecule has 0 saturated heterocycles. The Morgan fingerprint density at radius 2 is 1.77 bits per heavy atom. The second-order valence-electron chi connectivity index (χ2n) is 3.39. The van der Waals surface area contributed by atoms with Gasteiger partial charge in [0.05, 0.1) is 0 Å². The van der Waals surface area contributed by atoms with Crippen LogP contribution in [0.4, 0.5) is 0 Å². The highest BCUT2D eigenvalue weighted by atomic mass is 35.5. The summed E-state index contributed by atoms with van der Waals surface area (Å²) in [6.07, 6.45) is 0. The molecule has 0 bridgehead atoms. The molecule has 1 aromatic rings. The summed E-state index contributed by atoms with van der Waals surface area (Å²) in [6.45, 7) is 5.62. The first-order valence-corrected chi connectivity index (χ1v) is 4.39. The molecule has 0 aromatic carbocycles. The molecule has 1 rings (SSSR count). The van der Waals surface area contributed by atoms with E-state index in [9.17, 15) is 0 Å². The van der Waals surface area contributed by atoms with Gasteiger partial charge in [0.2, 0.25) is 10.4 Å². The van der Waals surface area contributed by atoms with E-state index in [-0.39, 0.29) is 21.9 Å². The second kappa shape index (κ2) is 3.64. The highest BCUT2D eigenvalue weighted by Gasteiger charge is 2.16. The zero-order valence-electron chi connectivity index (χ0n) is 7.51. The first kappa shape index (κ1) is 10.5. The van der Waals surface area contributed by atoms with Gasteiger partial charge < -0.3 is 4.74 Å². The van der Waals surface area contributed by atoms with Crippen molar-refractivity contribution >= 4 is 23.2 Å². The molecule has 0 N–H and O–H groups in total. The Balaban J connectivity index is 2.94. The van der Waals surface area contributed by atoms with Crippen molar-refractivity contribution < 1.29 is 4.74 Å². The van der Waals surface area contributed by atoms with E-state index in [0.29, 0.717) is 0 Å². The molecule has 0 atom stereocenters. The second-order valence-corrected chi connectivity index (χ2v) is 4.09. The molecular formula is C7H9Cl2N3O. The van der Waals surface area contributed by atoms with Crippen LogP contribution in [0.25, 0.3) is 0 Å². The summed E-state index contributed by atoms with van der Waals surface area (Å²) in [5.74, 6) is 0.203. The fraction of sp³-hybridized carbons (Fsp3) is 0.571. The maximum Gasteiger partial charge on any atom is 0.257 e. The standard InChI is InChI=1S/C7H9Cl2N3O/c1-7(2,3)13-5-4(8)11-12-6(9)10-5/h1-3H3. The molecule has 0 aliphatic carbocycles. The number of rotatable bonds is 1. The largest absolute Gasteiger partial charge is 0.470 e. The summed E-state index contributed by atoms with van der Waals surface area (Å²) in [7, 11) is 0. The van der Waals surface area contributed by atoms with Crippen LogP contribution in [-0.2, 0) is 0 Å². The van der Waals surface area contributed by atoms with Crippen LogP contribution in [0.2, 0.25) is 10.4 Å². The van der Waals surface area contributed by atoms with Gasteiger partial charge in [0.15, 0.2) is 0 Å². The predicted octanol–water partition coefficient (Wildman–Crippen LogP) is 2.36. The Labute approximate surface area is 86.2 Å². The molecule has 6 heteroatoms. The van der Waals surface area contributed by atoms with Crippen LogP contribution in [0.1, 0.15) is 20.8 Å². The monoisotopic (exact) mass is 221 g/mol. The van der Waals surface area contributed by atoms with Crippen molar-refractivity contribution in [1.82, 2.24) is 15.2 Å². The normalized spacial score (nSPS) is 11.5. The number of halogens is 2. The van der Waals surface area contributed by atoms with Crippen LogP contribution in [-0.4, -0.2) is 20.8 Å². The third-order valence-electron chi connectivity index (χ3n) is 0.993. The minimum Gasteiger partial charge on any atom is -0.470 e. The van der Waals surface area contributed by atoms with Crippen LogP contribution < -0.4 is 4.74 Å². The SMILES string of the molecule is CC(C)(C)Oc1nc(Cl)nnc1Cl. The summed E-state index contributed by atoms with van der Waals surface area (Å²) >= 11 is 11.2. The minimum atomic E-state index is -0.386. The van der Waals surface area contributed by atoms with Gasteiger partial charge in [0.25, 0.3) is 5.88 Å². The van der Waals surface area contributed by atoms with Crippen molar-refractivity contribution in [2.24, 2.45) is 0 Å². The molecule has 13 heavy (non-hydrogen) atoms. The van der Waals surface area contributed by atoms with E-state index in [1.165, 1.54) is 0 Å². The fourth-order valence-corrected chi connectivity index (χ4v) is 0.868. The Hall–Kier alpha value is -0.610. The highest BCUT2D eigenvalue weighted by Crippen LogP contribution is 2.23. The Kier molecular flexibility index (Phi) is 2.93. The summed E-state index contributed by atoms with van der Waals surface area (Å²) in [4.78, 5) is 3.80. The van der Waals surface area contributed by atoms with Crippen LogP contribution in [0.5, 0.6) is 5.88 Å². The van der Waals surface area contributed by atoms with Crippen molar-refractivity contribution in [3.8, 4) is 5.88 Å². The molecule has 0 unspecified atom stereocenters. The van der Waals surface area contributed by atoms with Crippen LogP contribution in [0, 0.1) is 0 Å². The lowest BCUT2D eigenvalue weighted by molar-refractivity contribution is 0.123. The molecule has 0 aliphatic rings. The summed E-state index contributed by atoms with van der Waals surface area (Å²) in [5.41, 5.74) is -0.386. The first-order chi connectivity index (χ1) is 5.88. The maximum absolute atomic E-state index is 5.68. The summed E-state index contributed by atoms with van der Waals surface area (Å²) in [6, 6.07) is 0. The Morgan fingerprint density at radius 3 is 2.31 bits per heavy atom. The molecule has 0 saturated carbocycles. The molecule has 72 valence electrons. The van der Waals surface area contributed by atoms with Gasteiger partial charge in [-0.3, -0.25) is 0 Å². The molecular weight excluding hydrogens is 213 g/mol. The Bertz CT molecular complexity index is 311. The van der Waals surface area contributed by atoms with Crippen molar-refractivity contribution in [1.29, 1.82) is 0 Å². The smallest absolute Gasteiger partial charge is 0.257 e. The molecule has 1 heterocycles. The van der Waals surface area contributed by atoms with E-state index >= 15 is 0 Å². The number of ether oxygens (including phenoxy) is 1.